The lowest BCUT2D eigenvalue weighted by Gasteiger charge is -2.10. The van der Waals surface area contributed by atoms with Gasteiger partial charge in [-0.05, 0) is 37.6 Å². The predicted molar refractivity (Wildman–Crippen MR) is 74.3 cm³/mol. The highest BCUT2D eigenvalue weighted by molar-refractivity contribution is 5.97. The SMILES string of the molecule is CC(=O)c1cc([N+](=O)[O-])ccc1Oc1cc(C)ccc1F. The number of ether oxygens (including phenoxy) is 1. The number of non-ortho nitro benzene ring substituents is 1. The Labute approximate surface area is 120 Å². The normalized spacial score (nSPS) is 10.2. The minimum atomic E-state index is -0.608. The molecular formula is C15H12FNO4. The van der Waals surface area contributed by atoms with E-state index in [0.29, 0.717) is 0 Å². The smallest absolute Gasteiger partial charge is 0.270 e. The summed E-state index contributed by atoms with van der Waals surface area (Å²) in [7, 11) is 0. The van der Waals surface area contributed by atoms with Crippen molar-refractivity contribution in [2.45, 2.75) is 13.8 Å². The van der Waals surface area contributed by atoms with Crippen LogP contribution in [0.15, 0.2) is 36.4 Å². The lowest BCUT2D eigenvalue weighted by Crippen LogP contribution is -2.00. The number of rotatable bonds is 4. The molecule has 0 atom stereocenters. The van der Waals surface area contributed by atoms with Gasteiger partial charge in [-0.1, -0.05) is 6.07 Å². The van der Waals surface area contributed by atoms with Crippen LogP contribution in [0.25, 0.3) is 0 Å². The van der Waals surface area contributed by atoms with Crippen LogP contribution < -0.4 is 4.74 Å². The second-order valence-electron chi connectivity index (χ2n) is 4.53. The molecule has 2 aromatic rings. The van der Waals surface area contributed by atoms with Gasteiger partial charge < -0.3 is 4.74 Å². The Morgan fingerprint density at radius 3 is 2.52 bits per heavy atom. The van der Waals surface area contributed by atoms with Crippen LogP contribution in [0.4, 0.5) is 10.1 Å². The van der Waals surface area contributed by atoms with Crippen molar-refractivity contribution in [3.05, 3.63) is 63.5 Å². The second kappa shape index (κ2) is 5.70. The summed E-state index contributed by atoms with van der Waals surface area (Å²) in [5.74, 6) is -0.931. The quantitative estimate of drug-likeness (QED) is 0.484. The zero-order valence-corrected chi connectivity index (χ0v) is 11.4. The van der Waals surface area contributed by atoms with Crippen LogP contribution in [0.3, 0.4) is 0 Å². The highest BCUT2D eigenvalue weighted by Crippen LogP contribution is 2.31. The average Bonchev–Trinajstić information content (AvgIpc) is 2.42. The molecule has 0 radical (unpaired) electrons. The first kappa shape index (κ1) is 14.6. The highest BCUT2D eigenvalue weighted by Gasteiger charge is 2.16. The number of hydrogen-bond acceptors (Lipinski definition) is 4. The number of aryl methyl sites for hydroxylation is 1. The van der Waals surface area contributed by atoms with E-state index < -0.39 is 16.5 Å². The van der Waals surface area contributed by atoms with Gasteiger partial charge in [0.1, 0.15) is 5.75 Å². The molecule has 0 aromatic heterocycles. The van der Waals surface area contributed by atoms with Crippen LogP contribution in [0.2, 0.25) is 0 Å². The Morgan fingerprint density at radius 2 is 1.90 bits per heavy atom. The average molecular weight is 289 g/mol. The van der Waals surface area contributed by atoms with Gasteiger partial charge in [-0.25, -0.2) is 4.39 Å². The third-order valence-electron chi connectivity index (χ3n) is 2.86. The van der Waals surface area contributed by atoms with Crippen molar-refractivity contribution in [2.75, 3.05) is 0 Å². The molecule has 0 bridgehead atoms. The molecule has 0 unspecified atom stereocenters. The van der Waals surface area contributed by atoms with Crippen molar-refractivity contribution in [3.63, 3.8) is 0 Å². The maximum Gasteiger partial charge on any atom is 0.270 e. The van der Waals surface area contributed by atoms with Crippen molar-refractivity contribution in [2.24, 2.45) is 0 Å². The number of Topliss-reactive ketones (excluding diaryl/α,β-unsaturated/α-hetero) is 1. The van der Waals surface area contributed by atoms with Gasteiger partial charge in [-0.15, -0.1) is 0 Å². The van der Waals surface area contributed by atoms with Crippen molar-refractivity contribution in [1.29, 1.82) is 0 Å². The molecule has 108 valence electrons. The summed E-state index contributed by atoms with van der Waals surface area (Å²) in [6, 6.07) is 7.94. The minimum absolute atomic E-state index is 0.0325. The number of ketones is 1. The zero-order chi connectivity index (χ0) is 15.6. The van der Waals surface area contributed by atoms with Gasteiger partial charge in [0.15, 0.2) is 17.3 Å². The highest BCUT2D eigenvalue weighted by atomic mass is 19.1. The van der Waals surface area contributed by atoms with Gasteiger partial charge >= 0.3 is 0 Å². The third kappa shape index (κ3) is 3.22. The molecule has 0 N–H and O–H groups in total. The molecule has 0 fully saturated rings. The maximum absolute atomic E-state index is 13.7. The fourth-order valence-electron chi connectivity index (χ4n) is 1.80. The van der Waals surface area contributed by atoms with Gasteiger partial charge in [0.25, 0.3) is 5.69 Å². The fourth-order valence-corrected chi connectivity index (χ4v) is 1.80. The van der Waals surface area contributed by atoms with Gasteiger partial charge in [-0.3, -0.25) is 14.9 Å². The molecule has 0 saturated heterocycles. The van der Waals surface area contributed by atoms with E-state index in [2.05, 4.69) is 0 Å². The molecule has 6 heteroatoms. The molecule has 0 amide bonds. The number of nitro groups is 1. The molecule has 0 saturated carbocycles. The summed E-state index contributed by atoms with van der Waals surface area (Å²) in [6.45, 7) is 3.03. The Hall–Kier alpha value is -2.76. The minimum Gasteiger partial charge on any atom is -0.454 e. The number of halogens is 1. The first-order chi connectivity index (χ1) is 9.88. The standard InChI is InChI=1S/C15H12FNO4/c1-9-3-5-13(16)15(7-9)21-14-6-4-11(17(19)20)8-12(14)10(2)18/h3-8H,1-2H3. The van der Waals surface area contributed by atoms with E-state index in [-0.39, 0.29) is 22.7 Å². The van der Waals surface area contributed by atoms with E-state index in [1.165, 1.54) is 31.2 Å². The van der Waals surface area contributed by atoms with Crippen LogP contribution in [0, 0.1) is 22.9 Å². The number of carbonyl (C=O) groups is 1. The molecular weight excluding hydrogens is 277 g/mol. The number of hydrogen-bond donors (Lipinski definition) is 0. The molecule has 0 spiro atoms. The molecule has 0 aliphatic heterocycles. The monoisotopic (exact) mass is 289 g/mol. The molecule has 0 heterocycles. The van der Waals surface area contributed by atoms with Crippen LogP contribution in [-0.2, 0) is 0 Å². The largest absolute Gasteiger partial charge is 0.454 e. The van der Waals surface area contributed by atoms with Gasteiger partial charge in [0.2, 0.25) is 0 Å². The number of benzene rings is 2. The van der Waals surface area contributed by atoms with E-state index in [1.54, 1.807) is 13.0 Å². The Balaban J connectivity index is 2.46. The summed E-state index contributed by atoms with van der Waals surface area (Å²) in [4.78, 5) is 21.7. The van der Waals surface area contributed by atoms with Crippen LogP contribution in [0.1, 0.15) is 22.8 Å². The van der Waals surface area contributed by atoms with Crippen LogP contribution in [0.5, 0.6) is 11.5 Å². The predicted octanol–water partition coefficient (Wildman–Crippen LogP) is 4.04. The summed E-state index contributed by atoms with van der Waals surface area (Å²) in [5.41, 5.74) is 0.597. The molecule has 5 nitrogen and oxygen atoms in total. The van der Waals surface area contributed by atoms with Crippen molar-refractivity contribution >= 4 is 11.5 Å². The van der Waals surface area contributed by atoms with Crippen LogP contribution in [-0.4, -0.2) is 10.7 Å². The van der Waals surface area contributed by atoms with Crippen molar-refractivity contribution in [1.82, 2.24) is 0 Å². The van der Waals surface area contributed by atoms with Crippen LogP contribution >= 0.6 is 0 Å². The van der Waals surface area contributed by atoms with Gasteiger partial charge in [-0.2, -0.15) is 0 Å². The van der Waals surface area contributed by atoms with Gasteiger partial charge in [0, 0.05) is 12.1 Å². The summed E-state index contributed by atoms with van der Waals surface area (Å²) < 4.78 is 19.1. The first-order valence-electron chi connectivity index (χ1n) is 6.12. The van der Waals surface area contributed by atoms with E-state index in [1.807, 2.05) is 0 Å². The summed E-state index contributed by atoms with van der Waals surface area (Å²) >= 11 is 0. The number of nitrogens with zero attached hydrogens (tertiary/aromatic N) is 1. The first-order valence-corrected chi connectivity index (χ1v) is 6.12. The van der Waals surface area contributed by atoms with E-state index in [9.17, 15) is 19.3 Å². The molecule has 0 aliphatic rings. The Kier molecular flexibility index (Phi) is 3.98. The number of nitro benzene ring substituents is 1. The topological polar surface area (TPSA) is 69.4 Å². The van der Waals surface area contributed by atoms with E-state index in [0.717, 1.165) is 11.6 Å². The third-order valence-corrected chi connectivity index (χ3v) is 2.86. The lowest BCUT2D eigenvalue weighted by atomic mass is 10.1. The van der Waals surface area contributed by atoms with E-state index in [4.69, 9.17) is 4.74 Å². The van der Waals surface area contributed by atoms with Crippen molar-refractivity contribution < 1.29 is 18.8 Å². The summed E-state index contributed by atoms with van der Waals surface area (Å²) in [6.07, 6.45) is 0. The Bertz CT molecular complexity index is 728. The Morgan fingerprint density at radius 1 is 1.19 bits per heavy atom. The maximum atomic E-state index is 13.7. The molecule has 21 heavy (non-hydrogen) atoms. The van der Waals surface area contributed by atoms with E-state index >= 15 is 0 Å². The lowest BCUT2D eigenvalue weighted by molar-refractivity contribution is -0.384. The fraction of sp³-hybridized carbons (Fsp3) is 0.133. The number of carbonyl (C=O) groups excluding carboxylic acids is 1. The molecule has 2 rings (SSSR count). The molecule has 0 aliphatic carbocycles. The zero-order valence-electron chi connectivity index (χ0n) is 11.4. The second-order valence-corrected chi connectivity index (χ2v) is 4.53. The van der Waals surface area contributed by atoms with Gasteiger partial charge in [0.05, 0.1) is 10.5 Å². The van der Waals surface area contributed by atoms with Crippen molar-refractivity contribution in [3.8, 4) is 11.5 Å². The molecule has 2 aromatic carbocycles. The summed E-state index contributed by atoms with van der Waals surface area (Å²) in [5, 5.41) is 10.7.